The molecule has 1 aliphatic rings. The minimum Gasteiger partial charge on any atom is -0.325 e. The summed E-state index contributed by atoms with van der Waals surface area (Å²) in [6.07, 6.45) is 10.6. The van der Waals surface area contributed by atoms with Gasteiger partial charge in [-0.25, -0.2) is 4.79 Å². The van der Waals surface area contributed by atoms with Crippen molar-refractivity contribution >= 4 is 13.9 Å². The number of rotatable bonds is 4. The van der Waals surface area contributed by atoms with E-state index in [0.29, 0.717) is 11.4 Å². The number of carbonyl (C=O) groups is 1. The van der Waals surface area contributed by atoms with E-state index in [1.165, 1.54) is 44.9 Å². The van der Waals surface area contributed by atoms with Gasteiger partial charge >= 0.3 is 6.03 Å². The molecule has 0 aromatic carbocycles. The average molecular weight is 322 g/mol. The minimum atomic E-state index is 0.148. The first kappa shape index (κ1) is 20.4. The van der Waals surface area contributed by atoms with Gasteiger partial charge in [0.15, 0.2) is 0 Å². The average Bonchev–Trinajstić information content (AvgIpc) is 2.54. The fourth-order valence-electron chi connectivity index (χ4n) is 3.88. The first-order chi connectivity index (χ1) is 10.6. The molecule has 0 heterocycles. The molecule has 3 atom stereocenters. The first-order valence-electron chi connectivity index (χ1n) is 9.63. The normalized spacial score (nSPS) is 27.7. The van der Waals surface area contributed by atoms with Crippen molar-refractivity contribution in [3.8, 4) is 0 Å². The SMILES string of the molecule is BC1(C)CCCCCCC(CC(C)N(C)C(=O)N(C)C(C)C)C1. The van der Waals surface area contributed by atoms with Gasteiger partial charge in [-0.3, -0.25) is 0 Å². The highest BCUT2D eigenvalue weighted by Gasteiger charge is 2.28. The number of carbonyl (C=O) groups excluding carboxylic acids is 1. The molecule has 0 bridgehead atoms. The summed E-state index contributed by atoms with van der Waals surface area (Å²) in [4.78, 5) is 16.3. The molecule has 0 aromatic rings. The summed E-state index contributed by atoms with van der Waals surface area (Å²) in [5, 5.41) is 0.450. The van der Waals surface area contributed by atoms with Crippen LogP contribution in [0.2, 0.25) is 5.31 Å². The van der Waals surface area contributed by atoms with Crippen LogP contribution < -0.4 is 0 Å². The molecule has 0 saturated heterocycles. The van der Waals surface area contributed by atoms with E-state index in [9.17, 15) is 4.79 Å². The third kappa shape index (κ3) is 6.77. The number of hydrogen-bond acceptors (Lipinski definition) is 1. The van der Waals surface area contributed by atoms with Crippen LogP contribution in [0.15, 0.2) is 0 Å². The lowest BCUT2D eigenvalue weighted by molar-refractivity contribution is 0.140. The second kappa shape index (κ2) is 8.99. The highest BCUT2D eigenvalue weighted by Crippen LogP contribution is 2.40. The molecular weight excluding hydrogens is 283 g/mol. The molecule has 1 fully saturated rings. The zero-order valence-electron chi connectivity index (χ0n) is 16.7. The first-order valence-corrected chi connectivity index (χ1v) is 9.63. The Morgan fingerprint density at radius 2 is 1.74 bits per heavy atom. The van der Waals surface area contributed by atoms with Crippen LogP contribution in [0.3, 0.4) is 0 Å². The molecule has 23 heavy (non-hydrogen) atoms. The predicted molar refractivity (Wildman–Crippen MR) is 103 cm³/mol. The fourth-order valence-corrected chi connectivity index (χ4v) is 3.88. The summed E-state index contributed by atoms with van der Waals surface area (Å²) in [6, 6.07) is 0.709. The molecule has 2 amide bonds. The number of amides is 2. The van der Waals surface area contributed by atoms with Gasteiger partial charge in [0, 0.05) is 26.2 Å². The lowest BCUT2D eigenvalue weighted by atomic mass is 9.62. The topological polar surface area (TPSA) is 23.6 Å². The Bertz CT molecular complexity index is 370. The molecule has 1 saturated carbocycles. The van der Waals surface area contributed by atoms with E-state index < -0.39 is 0 Å². The molecule has 0 aromatic heterocycles. The lowest BCUT2D eigenvalue weighted by Gasteiger charge is -2.35. The quantitative estimate of drug-likeness (QED) is 0.707. The summed E-state index contributed by atoms with van der Waals surface area (Å²) in [6.45, 7) is 8.78. The smallest absolute Gasteiger partial charge is 0.319 e. The molecular formula is C19H39BN2O. The van der Waals surface area contributed by atoms with Gasteiger partial charge in [0.05, 0.1) is 0 Å². The van der Waals surface area contributed by atoms with Crippen molar-refractivity contribution in [3.63, 3.8) is 0 Å². The second-order valence-corrected chi connectivity index (χ2v) is 8.87. The van der Waals surface area contributed by atoms with Crippen molar-refractivity contribution in [2.75, 3.05) is 14.1 Å². The number of nitrogens with zero attached hydrogens (tertiary/aromatic N) is 2. The molecule has 4 heteroatoms. The Labute approximate surface area is 145 Å². The maximum absolute atomic E-state index is 12.5. The lowest BCUT2D eigenvalue weighted by Crippen LogP contribution is -2.46. The third-order valence-electron chi connectivity index (χ3n) is 5.77. The third-order valence-corrected chi connectivity index (χ3v) is 5.77. The van der Waals surface area contributed by atoms with Gasteiger partial charge in [0.2, 0.25) is 0 Å². The monoisotopic (exact) mass is 322 g/mol. The van der Waals surface area contributed by atoms with E-state index in [0.717, 1.165) is 12.3 Å². The Morgan fingerprint density at radius 1 is 1.13 bits per heavy atom. The van der Waals surface area contributed by atoms with Crippen LogP contribution in [0.25, 0.3) is 0 Å². The van der Waals surface area contributed by atoms with Gasteiger partial charge < -0.3 is 9.80 Å². The Balaban J connectivity index is 2.64. The van der Waals surface area contributed by atoms with E-state index in [-0.39, 0.29) is 12.1 Å². The summed E-state index contributed by atoms with van der Waals surface area (Å²) < 4.78 is 0. The van der Waals surface area contributed by atoms with Crippen molar-refractivity contribution in [2.24, 2.45) is 5.92 Å². The Morgan fingerprint density at radius 3 is 2.35 bits per heavy atom. The van der Waals surface area contributed by atoms with Crippen molar-refractivity contribution in [1.82, 2.24) is 9.80 Å². The van der Waals surface area contributed by atoms with Crippen molar-refractivity contribution in [1.29, 1.82) is 0 Å². The van der Waals surface area contributed by atoms with Crippen molar-refractivity contribution < 1.29 is 4.79 Å². The van der Waals surface area contributed by atoms with E-state index >= 15 is 0 Å². The molecule has 0 radical (unpaired) electrons. The maximum Gasteiger partial charge on any atom is 0.319 e. The second-order valence-electron chi connectivity index (χ2n) is 8.87. The van der Waals surface area contributed by atoms with Gasteiger partial charge in [0.25, 0.3) is 0 Å². The van der Waals surface area contributed by atoms with Gasteiger partial charge in [0.1, 0.15) is 7.85 Å². The van der Waals surface area contributed by atoms with Gasteiger partial charge in [-0.05, 0) is 33.1 Å². The maximum atomic E-state index is 12.5. The van der Waals surface area contributed by atoms with Crippen LogP contribution in [0.1, 0.15) is 79.1 Å². The highest BCUT2D eigenvalue weighted by atomic mass is 16.2. The standard InChI is InChI=1S/C19H39BN2O/c1-15(2)21(5)18(23)22(6)16(3)13-17-11-9-7-8-10-12-19(4,20)14-17/h15-17H,7-14,20H2,1-6H3. The number of hydrogen-bond donors (Lipinski definition) is 0. The molecule has 3 unspecified atom stereocenters. The fraction of sp³-hybridized carbons (Fsp3) is 0.947. The molecule has 1 aliphatic carbocycles. The summed E-state index contributed by atoms with van der Waals surface area (Å²) >= 11 is 0. The number of urea groups is 1. The summed E-state index contributed by atoms with van der Waals surface area (Å²) in [5.74, 6) is 0.748. The Hall–Kier alpha value is -0.665. The molecule has 1 rings (SSSR count). The molecule has 134 valence electrons. The van der Waals surface area contributed by atoms with Gasteiger partial charge in [-0.15, -0.1) is 0 Å². The largest absolute Gasteiger partial charge is 0.325 e. The van der Waals surface area contributed by atoms with Crippen molar-refractivity contribution in [3.05, 3.63) is 0 Å². The van der Waals surface area contributed by atoms with Crippen LogP contribution in [0.4, 0.5) is 4.79 Å². The Kier molecular flexibility index (Phi) is 7.96. The highest BCUT2D eigenvalue weighted by molar-refractivity contribution is 6.14. The van der Waals surface area contributed by atoms with Crippen LogP contribution in [0, 0.1) is 5.92 Å². The molecule has 3 nitrogen and oxygen atoms in total. The van der Waals surface area contributed by atoms with E-state index in [1.807, 2.05) is 23.9 Å². The predicted octanol–water partition coefficient (Wildman–Crippen LogP) is 4.33. The molecule has 0 aliphatic heterocycles. The molecule has 0 N–H and O–H groups in total. The zero-order valence-corrected chi connectivity index (χ0v) is 16.7. The van der Waals surface area contributed by atoms with Crippen molar-refractivity contribution in [2.45, 2.75) is 96.5 Å². The zero-order chi connectivity index (χ0) is 17.6. The van der Waals surface area contributed by atoms with Gasteiger partial charge in [-0.2, -0.15) is 0 Å². The summed E-state index contributed by atoms with van der Waals surface area (Å²) in [7, 11) is 6.29. The van der Waals surface area contributed by atoms with Crippen LogP contribution in [0.5, 0.6) is 0 Å². The molecule has 0 spiro atoms. The van der Waals surface area contributed by atoms with Gasteiger partial charge in [-0.1, -0.05) is 57.2 Å². The summed E-state index contributed by atoms with van der Waals surface area (Å²) in [5.41, 5.74) is 0. The minimum absolute atomic E-state index is 0.148. The van der Waals surface area contributed by atoms with E-state index in [2.05, 4.69) is 35.5 Å². The van der Waals surface area contributed by atoms with Crippen LogP contribution >= 0.6 is 0 Å². The van der Waals surface area contributed by atoms with Crippen LogP contribution in [-0.2, 0) is 0 Å². The van der Waals surface area contributed by atoms with Crippen LogP contribution in [-0.4, -0.2) is 49.9 Å². The van der Waals surface area contributed by atoms with E-state index in [4.69, 9.17) is 0 Å². The van der Waals surface area contributed by atoms with E-state index in [1.54, 1.807) is 0 Å².